The summed E-state index contributed by atoms with van der Waals surface area (Å²) in [6.45, 7) is 4.01. The zero-order chi connectivity index (χ0) is 22.9. The van der Waals surface area contributed by atoms with Gasteiger partial charge in [-0.25, -0.2) is 23.7 Å². The van der Waals surface area contributed by atoms with Gasteiger partial charge in [-0.15, -0.1) is 0 Å². The van der Waals surface area contributed by atoms with Crippen LogP contribution in [0.25, 0.3) is 11.0 Å². The summed E-state index contributed by atoms with van der Waals surface area (Å²) in [5.41, 5.74) is 0.516. The molecule has 0 saturated heterocycles. The number of rotatable bonds is 7. The number of pyridine rings is 1. The minimum atomic E-state index is -2.64. The van der Waals surface area contributed by atoms with E-state index in [2.05, 4.69) is 30.6 Å². The minimum absolute atomic E-state index is 0.120. The van der Waals surface area contributed by atoms with E-state index in [0.29, 0.717) is 16.9 Å². The highest BCUT2D eigenvalue weighted by Gasteiger charge is 2.35. The molecule has 0 aliphatic heterocycles. The van der Waals surface area contributed by atoms with Gasteiger partial charge in [0.2, 0.25) is 11.9 Å². The van der Waals surface area contributed by atoms with Crippen LogP contribution in [0.15, 0.2) is 24.7 Å². The van der Waals surface area contributed by atoms with Gasteiger partial charge in [0.05, 0.1) is 16.5 Å². The summed E-state index contributed by atoms with van der Waals surface area (Å²) in [7, 11) is 0. The van der Waals surface area contributed by atoms with Gasteiger partial charge in [0.1, 0.15) is 23.6 Å². The highest BCUT2D eigenvalue weighted by Crippen LogP contribution is 2.34. The monoisotopic (exact) mass is 446 g/mol. The summed E-state index contributed by atoms with van der Waals surface area (Å²) in [6.07, 6.45) is 3.86. The molecule has 0 spiro atoms. The SMILES string of the molecule is CC[C@H](C)Nc1ncnc2[nH]cc(C(=O)c3ccc(NC4CCC(F)(F)CC4)nc3F)c12. The molecule has 3 aromatic heterocycles. The standard InChI is InChI=1S/C22H25F3N6O/c1-3-12(2)29-21-17-15(10-26-20(17)27-11-28-21)18(32)14-4-5-16(31-19(14)23)30-13-6-8-22(24,25)9-7-13/h4-5,10-13H,3,6-9H2,1-2H3,(H,30,31)(H2,26,27,28,29)/t12-/m0/s1. The van der Waals surface area contributed by atoms with Crippen LogP contribution in [0.1, 0.15) is 61.9 Å². The molecular weight excluding hydrogens is 421 g/mol. The molecule has 0 unspecified atom stereocenters. The van der Waals surface area contributed by atoms with Crippen molar-refractivity contribution >= 4 is 28.5 Å². The highest BCUT2D eigenvalue weighted by molar-refractivity contribution is 6.18. The van der Waals surface area contributed by atoms with E-state index in [1.54, 1.807) is 0 Å². The number of hydrogen-bond donors (Lipinski definition) is 3. The molecule has 3 N–H and O–H groups in total. The van der Waals surface area contributed by atoms with Crippen LogP contribution >= 0.6 is 0 Å². The zero-order valence-corrected chi connectivity index (χ0v) is 17.9. The van der Waals surface area contributed by atoms with Gasteiger partial charge in [-0.05, 0) is 38.3 Å². The second-order valence-electron chi connectivity index (χ2n) is 8.24. The molecular formula is C22H25F3N6O. The first kappa shape index (κ1) is 22.0. The van der Waals surface area contributed by atoms with Crippen LogP contribution in [0.4, 0.5) is 24.8 Å². The van der Waals surface area contributed by atoms with Gasteiger partial charge in [0.25, 0.3) is 0 Å². The summed E-state index contributed by atoms with van der Waals surface area (Å²) >= 11 is 0. The van der Waals surface area contributed by atoms with Crippen LogP contribution in [0.3, 0.4) is 0 Å². The zero-order valence-electron chi connectivity index (χ0n) is 17.9. The van der Waals surface area contributed by atoms with Crippen LogP contribution in [0.5, 0.6) is 0 Å². The second-order valence-corrected chi connectivity index (χ2v) is 8.24. The topological polar surface area (TPSA) is 95.6 Å². The van der Waals surface area contributed by atoms with Gasteiger partial charge >= 0.3 is 0 Å². The molecule has 0 aromatic carbocycles. The Bertz CT molecular complexity index is 1120. The number of anilines is 2. The summed E-state index contributed by atoms with van der Waals surface area (Å²) < 4.78 is 41.4. The van der Waals surface area contributed by atoms with Crippen LogP contribution in [0, 0.1) is 5.95 Å². The number of aromatic nitrogens is 4. The average molecular weight is 446 g/mol. The van der Waals surface area contributed by atoms with Crippen molar-refractivity contribution in [2.75, 3.05) is 10.6 Å². The maximum atomic E-state index is 14.8. The largest absolute Gasteiger partial charge is 0.367 e. The lowest BCUT2D eigenvalue weighted by Crippen LogP contribution is -2.32. The van der Waals surface area contributed by atoms with E-state index in [1.165, 1.54) is 24.7 Å². The van der Waals surface area contributed by atoms with Crippen molar-refractivity contribution in [3.8, 4) is 0 Å². The molecule has 1 atom stereocenters. The quantitative estimate of drug-likeness (QED) is 0.352. The summed E-state index contributed by atoms with van der Waals surface area (Å²) in [5, 5.41) is 6.73. The fourth-order valence-corrected chi connectivity index (χ4v) is 3.81. The predicted octanol–water partition coefficient (Wildman–Crippen LogP) is 4.92. The van der Waals surface area contributed by atoms with Gasteiger partial charge in [0.15, 0.2) is 5.78 Å². The van der Waals surface area contributed by atoms with Crippen molar-refractivity contribution in [3.05, 3.63) is 41.7 Å². The van der Waals surface area contributed by atoms with Gasteiger partial charge in [-0.2, -0.15) is 4.39 Å². The van der Waals surface area contributed by atoms with Gasteiger partial charge in [0, 0.05) is 31.1 Å². The Hall–Kier alpha value is -3.17. The Morgan fingerprint density at radius 2 is 2.00 bits per heavy atom. The predicted molar refractivity (Wildman–Crippen MR) is 116 cm³/mol. The van der Waals surface area contributed by atoms with E-state index < -0.39 is 17.7 Å². The maximum Gasteiger partial charge on any atom is 0.248 e. The minimum Gasteiger partial charge on any atom is -0.367 e. The molecule has 0 radical (unpaired) electrons. The number of carbonyl (C=O) groups is 1. The number of carbonyl (C=O) groups excluding carboxylic acids is 1. The van der Waals surface area contributed by atoms with E-state index >= 15 is 0 Å². The lowest BCUT2D eigenvalue weighted by Gasteiger charge is -2.29. The van der Waals surface area contributed by atoms with E-state index in [0.717, 1.165) is 6.42 Å². The Morgan fingerprint density at radius 1 is 1.25 bits per heavy atom. The number of halogens is 3. The van der Waals surface area contributed by atoms with Gasteiger partial charge < -0.3 is 15.6 Å². The third-order valence-electron chi connectivity index (χ3n) is 5.87. The van der Waals surface area contributed by atoms with Crippen molar-refractivity contribution in [1.82, 2.24) is 19.9 Å². The number of hydrogen-bond acceptors (Lipinski definition) is 6. The van der Waals surface area contributed by atoms with Crippen molar-refractivity contribution < 1.29 is 18.0 Å². The lowest BCUT2D eigenvalue weighted by atomic mass is 9.92. The molecule has 1 saturated carbocycles. The van der Waals surface area contributed by atoms with Crippen LogP contribution in [-0.2, 0) is 0 Å². The molecule has 0 amide bonds. The summed E-state index contributed by atoms with van der Waals surface area (Å²) in [4.78, 5) is 28.3. The van der Waals surface area contributed by atoms with Crippen molar-refractivity contribution in [2.45, 2.75) is 64.0 Å². The van der Waals surface area contributed by atoms with Crippen LogP contribution in [0.2, 0.25) is 0 Å². The first-order valence-corrected chi connectivity index (χ1v) is 10.7. The van der Waals surface area contributed by atoms with Crippen molar-refractivity contribution in [3.63, 3.8) is 0 Å². The average Bonchev–Trinajstić information content (AvgIpc) is 3.20. The molecule has 10 heteroatoms. The molecule has 1 aliphatic carbocycles. The molecule has 3 aromatic rings. The number of alkyl halides is 2. The Morgan fingerprint density at radius 3 is 2.69 bits per heavy atom. The van der Waals surface area contributed by atoms with Crippen LogP contribution < -0.4 is 10.6 Å². The fraction of sp³-hybridized carbons (Fsp3) is 0.455. The number of aromatic amines is 1. The van der Waals surface area contributed by atoms with Crippen LogP contribution in [-0.4, -0.2) is 43.7 Å². The first-order valence-electron chi connectivity index (χ1n) is 10.7. The molecule has 3 heterocycles. The molecule has 1 aliphatic rings. The van der Waals surface area contributed by atoms with E-state index in [-0.39, 0.29) is 54.7 Å². The molecule has 170 valence electrons. The third kappa shape index (κ3) is 4.53. The number of nitrogens with zero attached hydrogens (tertiary/aromatic N) is 3. The smallest absolute Gasteiger partial charge is 0.248 e. The Kier molecular flexibility index (Phi) is 6.03. The normalized spacial score (nSPS) is 17.3. The van der Waals surface area contributed by atoms with Gasteiger partial charge in [-0.1, -0.05) is 6.92 Å². The maximum absolute atomic E-state index is 14.8. The Balaban J connectivity index is 1.57. The number of nitrogens with one attached hydrogen (secondary N) is 3. The third-order valence-corrected chi connectivity index (χ3v) is 5.87. The number of fused-ring (bicyclic) bond motifs is 1. The molecule has 32 heavy (non-hydrogen) atoms. The summed E-state index contributed by atoms with van der Waals surface area (Å²) in [5.74, 6) is -3.40. The molecule has 7 nitrogen and oxygen atoms in total. The number of ketones is 1. The first-order chi connectivity index (χ1) is 15.3. The lowest BCUT2D eigenvalue weighted by molar-refractivity contribution is -0.0361. The fourth-order valence-electron chi connectivity index (χ4n) is 3.81. The van der Waals surface area contributed by atoms with Crippen molar-refractivity contribution in [2.24, 2.45) is 0 Å². The molecule has 4 rings (SSSR count). The van der Waals surface area contributed by atoms with E-state index in [9.17, 15) is 18.0 Å². The molecule has 0 bridgehead atoms. The van der Waals surface area contributed by atoms with E-state index in [1.807, 2.05) is 13.8 Å². The number of H-pyrrole nitrogens is 1. The highest BCUT2D eigenvalue weighted by atomic mass is 19.3. The van der Waals surface area contributed by atoms with E-state index in [4.69, 9.17) is 0 Å². The second kappa shape index (κ2) is 8.76. The molecule has 1 fully saturated rings. The van der Waals surface area contributed by atoms with Crippen molar-refractivity contribution in [1.29, 1.82) is 0 Å². The Labute approximate surface area is 183 Å². The van der Waals surface area contributed by atoms with Gasteiger partial charge in [-0.3, -0.25) is 4.79 Å². The summed E-state index contributed by atoms with van der Waals surface area (Å²) in [6, 6.07) is 2.76.